The predicted octanol–water partition coefficient (Wildman–Crippen LogP) is 3.69. The maximum atomic E-state index is 10.3. The van der Waals surface area contributed by atoms with E-state index in [2.05, 4.69) is 31.2 Å². The van der Waals surface area contributed by atoms with E-state index in [9.17, 15) is 5.11 Å². The van der Waals surface area contributed by atoms with Crippen LogP contribution in [0.15, 0.2) is 30.4 Å². The molecule has 2 nitrogen and oxygen atoms in total. The van der Waals surface area contributed by atoms with E-state index in [1.807, 2.05) is 6.08 Å². The second-order valence-electron chi connectivity index (χ2n) is 7.27. The third kappa shape index (κ3) is 1.81. The van der Waals surface area contributed by atoms with Crippen molar-refractivity contribution in [3.63, 3.8) is 0 Å². The number of aliphatic hydroxyl groups is 1. The number of methoxy groups -OCH3 is 1. The highest BCUT2D eigenvalue weighted by Gasteiger charge is 2.52. The van der Waals surface area contributed by atoms with Crippen LogP contribution in [0, 0.1) is 17.3 Å². The van der Waals surface area contributed by atoms with Crippen molar-refractivity contribution in [3.05, 3.63) is 41.5 Å². The van der Waals surface area contributed by atoms with Crippen molar-refractivity contribution in [1.29, 1.82) is 0 Å². The maximum absolute atomic E-state index is 10.3. The van der Waals surface area contributed by atoms with Gasteiger partial charge in [0.15, 0.2) is 0 Å². The van der Waals surface area contributed by atoms with Gasteiger partial charge in [-0.25, -0.2) is 0 Å². The SMILES string of the molecule is COc1ccc2c(c1)CC[C@H]1[C@@H]2CC[C@]2(C)[C@@H](O)C=C[C@@H]12. The van der Waals surface area contributed by atoms with Crippen molar-refractivity contribution < 1.29 is 9.84 Å². The van der Waals surface area contributed by atoms with Crippen LogP contribution in [-0.2, 0) is 6.42 Å². The molecule has 0 bridgehead atoms. The summed E-state index contributed by atoms with van der Waals surface area (Å²) in [6, 6.07) is 6.61. The van der Waals surface area contributed by atoms with Crippen molar-refractivity contribution in [2.75, 3.05) is 7.11 Å². The fraction of sp³-hybridized carbons (Fsp3) is 0.579. The van der Waals surface area contributed by atoms with Crippen LogP contribution in [0.1, 0.15) is 43.2 Å². The van der Waals surface area contributed by atoms with Crippen LogP contribution in [0.2, 0.25) is 0 Å². The molecule has 0 aliphatic heterocycles. The van der Waals surface area contributed by atoms with E-state index in [0.717, 1.165) is 18.6 Å². The van der Waals surface area contributed by atoms with Crippen LogP contribution in [-0.4, -0.2) is 18.3 Å². The fourth-order valence-corrected chi connectivity index (χ4v) is 5.12. The molecule has 0 radical (unpaired) electrons. The number of rotatable bonds is 1. The minimum absolute atomic E-state index is 0.0745. The van der Waals surface area contributed by atoms with Gasteiger partial charge in [-0.1, -0.05) is 25.1 Å². The van der Waals surface area contributed by atoms with Crippen molar-refractivity contribution in [2.24, 2.45) is 17.3 Å². The second-order valence-corrected chi connectivity index (χ2v) is 7.27. The largest absolute Gasteiger partial charge is 0.497 e. The summed E-state index contributed by atoms with van der Waals surface area (Å²) in [7, 11) is 1.74. The van der Waals surface area contributed by atoms with E-state index in [0.29, 0.717) is 17.8 Å². The summed E-state index contributed by atoms with van der Waals surface area (Å²) >= 11 is 0. The Bertz CT molecular complexity index is 591. The molecule has 1 N–H and O–H groups in total. The average Bonchev–Trinajstić information content (AvgIpc) is 2.82. The molecule has 1 aromatic carbocycles. The number of hydrogen-bond acceptors (Lipinski definition) is 2. The molecule has 1 aromatic rings. The van der Waals surface area contributed by atoms with Gasteiger partial charge >= 0.3 is 0 Å². The van der Waals surface area contributed by atoms with Crippen LogP contribution in [0.3, 0.4) is 0 Å². The number of fused-ring (bicyclic) bond motifs is 5. The second kappa shape index (κ2) is 4.61. The van der Waals surface area contributed by atoms with Crippen molar-refractivity contribution >= 4 is 0 Å². The molecular weight excluding hydrogens is 260 g/mol. The van der Waals surface area contributed by atoms with Gasteiger partial charge < -0.3 is 9.84 Å². The normalized spacial score (nSPS) is 40.3. The zero-order valence-corrected chi connectivity index (χ0v) is 12.9. The van der Waals surface area contributed by atoms with Gasteiger partial charge in [0.25, 0.3) is 0 Å². The zero-order valence-electron chi connectivity index (χ0n) is 12.9. The Morgan fingerprint density at radius 2 is 2.10 bits per heavy atom. The molecule has 0 spiro atoms. The molecule has 4 rings (SSSR count). The Morgan fingerprint density at radius 3 is 2.90 bits per heavy atom. The third-order valence-electron chi connectivity index (χ3n) is 6.41. The Hall–Kier alpha value is -1.28. The lowest BCUT2D eigenvalue weighted by molar-refractivity contribution is -0.0101. The van der Waals surface area contributed by atoms with Crippen molar-refractivity contribution in [3.8, 4) is 5.75 Å². The first kappa shape index (κ1) is 13.4. The molecule has 5 atom stereocenters. The summed E-state index contributed by atoms with van der Waals surface area (Å²) < 4.78 is 5.37. The van der Waals surface area contributed by atoms with Crippen LogP contribution >= 0.6 is 0 Å². The first-order chi connectivity index (χ1) is 10.1. The smallest absolute Gasteiger partial charge is 0.119 e. The van der Waals surface area contributed by atoms with Crippen molar-refractivity contribution in [1.82, 2.24) is 0 Å². The number of benzene rings is 1. The maximum Gasteiger partial charge on any atom is 0.119 e. The molecule has 21 heavy (non-hydrogen) atoms. The Balaban J connectivity index is 1.70. The van der Waals surface area contributed by atoms with Crippen LogP contribution in [0.5, 0.6) is 5.75 Å². The van der Waals surface area contributed by atoms with Crippen molar-refractivity contribution in [2.45, 2.75) is 44.6 Å². The molecule has 112 valence electrons. The van der Waals surface area contributed by atoms with Gasteiger partial charge in [0.2, 0.25) is 0 Å². The lowest BCUT2D eigenvalue weighted by Gasteiger charge is -2.50. The predicted molar refractivity (Wildman–Crippen MR) is 83.5 cm³/mol. The molecule has 1 saturated carbocycles. The molecule has 3 aliphatic rings. The fourth-order valence-electron chi connectivity index (χ4n) is 5.12. The molecule has 0 amide bonds. The first-order valence-electron chi connectivity index (χ1n) is 8.16. The molecule has 0 unspecified atom stereocenters. The van der Waals surface area contributed by atoms with E-state index in [1.165, 1.54) is 24.0 Å². The molecular formula is C19H24O2. The Morgan fingerprint density at radius 1 is 1.24 bits per heavy atom. The molecule has 0 aromatic heterocycles. The van der Waals surface area contributed by atoms with E-state index in [4.69, 9.17) is 4.74 Å². The quantitative estimate of drug-likeness (QED) is 0.797. The minimum Gasteiger partial charge on any atom is -0.497 e. The molecule has 3 aliphatic carbocycles. The lowest BCUT2D eigenvalue weighted by atomic mass is 9.55. The van der Waals surface area contributed by atoms with Crippen LogP contribution in [0.4, 0.5) is 0 Å². The van der Waals surface area contributed by atoms with E-state index < -0.39 is 0 Å². The van der Waals surface area contributed by atoms with Gasteiger partial charge in [-0.05, 0) is 66.7 Å². The van der Waals surface area contributed by atoms with Gasteiger partial charge in [-0.2, -0.15) is 0 Å². The number of ether oxygens (including phenoxy) is 1. The number of aryl methyl sites for hydroxylation is 1. The van der Waals surface area contributed by atoms with E-state index in [1.54, 1.807) is 7.11 Å². The van der Waals surface area contributed by atoms with Gasteiger partial charge in [-0.3, -0.25) is 0 Å². The van der Waals surface area contributed by atoms with Crippen LogP contribution < -0.4 is 4.74 Å². The summed E-state index contributed by atoms with van der Waals surface area (Å²) in [5.74, 6) is 2.87. The standard InChI is InChI=1S/C19H24O2/c1-19-10-9-15-14-6-4-13(21-2)11-12(14)3-5-16(15)17(19)7-8-18(19)20/h4,6-8,11,15-18,20H,3,5,9-10H2,1-2H3/t15-,16+,17+,18+,19+/m1/s1. The molecule has 0 heterocycles. The van der Waals surface area contributed by atoms with Gasteiger partial charge in [-0.15, -0.1) is 0 Å². The molecule has 0 saturated heterocycles. The third-order valence-corrected chi connectivity index (χ3v) is 6.41. The minimum atomic E-state index is -0.249. The summed E-state index contributed by atoms with van der Waals surface area (Å²) in [5.41, 5.74) is 3.08. The Kier molecular flexibility index (Phi) is 2.94. The monoisotopic (exact) mass is 284 g/mol. The Labute approximate surface area is 126 Å². The summed E-state index contributed by atoms with van der Waals surface area (Å²) in [5, 5.41) is 10.3. The van der Waals surface area contributed by atoms with E-state index >= 15 is 0 Å². The molecule has 2 heteroatoms. The van der Waals surface area contributed by atoms with Gasteiger partial charge in [0, 0.05) is 5.41 Å². The lowest BCUT2D eigenvalue weighted by Crippen LogP contribution is -2.44. The van der Waals surface area contributed by atoms with Gasteiger partial charge in [0.1, 0.15) is 5.75 Å². The summed E-state index contributed by atoms with van der Waals surface area (Å²) in [6.07, 6.45) is 8.80. The zero-order chi connectivity index (χ0) is 14.6. The summed E-state index contributed by atoms with van der Waals surface area (Å²) in [4.78, 5) is 0. The highest BCUT2D eigenvalue weighted by molar-refractivity contribution is 5.41. The number of aliphatic hydroxyl groups excluding tert-OH is 1. The number of hydrogen-bond donors (Lipinski definition) is 1. The van der Waals surface area contributed by atoms with E-state index in [-0.39, 0.29) is 11.5 Å². The van der Waals surface area contributed by atoms with Gasteiger partial charge in [0.05, 0.1) is 13.2 Å². The molecule has 1 fully saturated rings. The van der Waals surface area contributed by atoms with Crippen LogP contribution in [0.25, 0.3) is 0 Å². The first-order valence-corrected chi connectivity index (χ1v) is 8.16. The summed E-state index contributed by atoms with van der Waals surface area (Å²) in [6.45, 7) is 2.28. The topological polar surface area (TPSA) is 29.5 Å². The highest BCUT2D eigenvalue weighted by atomic mass is 16.5. The average molecular weight is 284 g/mol. The number of allylic oxidation sites excluding steroid dienone is 1. The highest BCUT2D eigenvalue weighted by Crippen LogP contribution is 2.58.